The third kappa shape index (κ3) is 17.0. The number of hydrogen-bond acceptors (Lipinski definition) is 6. The van der Waals surface area contributed by atoms with E-state index in [9.17, 15) is 17.6 Å². The molecule has 6 aromatic rings. The first-order valence-electron chi connectivity index (χ1n) is 19.7. The smallest absolute Gasteiger partial charge is 0.125 e. The van der Waals surface area contributed by atoms with Crippen LogP contribution in [0.5, 0.6) is 17.2 Å². The van der Waals surface area contributed by atoms with Gasteiger partial charge in [-0.2, -0.15) is 0 Å². The highest BCUT2D eigenvalue weighted by Gasteiger charge is 2.15. The van der Waals surface area contributed by atoms with E-state index in [1.165, 1.54) is 54.1 Å². The normalized spacial score (nSPS) is 12.1. The van der Waals surface area contributed by atoms with Gasteiger partial charge in [0.15, 0.2) is 0 Å². The van der Waals surface area contributed by atoms with Gasteiger partial charge in [0.25, 0.3) is 0 Å². The fraction of sp³-hybridized carbons (Fsp3) is 0.265. The monoisotopic (exact) mass is 809 g/mol. The van der Waals surface area contributed by atoms with Crippen molar-refractivity contribution in [1.29, 1.82) is 0 Å². The minimum absolute atomic E-state index is 0.0286. The molecule has 3 atom stereocenters. The molecule has 0 heterocycles. The predicted octanol–water partition coefficient (Wildman–Crippen LogP) is 11.1. The Morgan fingerprint density at radius 2 is 0.644 bits per heavy atom. The van der Waals surface area contributed by atoms with Gasteiger partial charge in [-0.15, -0.1) is 0 Å². The van der Waals surface area contributed by atoms with E-state index in [4.69, 9.17) is 14.2 Å². The van der Waals surface area contributed by atoms with Crippen molar-refractivity contribution >= 4 is 0 Å². The lowest BCUT2D eigenvalue weighted by Gasteiger charge is -2.19. The van der Waals surface area contributed by atoms with Crippen LogP contribution in [0.1, 0.15) is 59.8 Å². The number of hydrogen-bond donors (Lipinski definition) is 3. The zero-order valence-electron chi connectivity index (χ0n) is 34.1. The second-order valence-corrected chi connectivity index (χ2v) is 13.7. The van der Waals surface area contributed by atoms with E-state index >= 15 is 0 Å². The van der Waals surface area contributed by atoms with Crippen LogP contribution in [0.25, 0.3) is 0 Å². The Bertz CT molecular complexity index is 1900. The molecule has 3 N–H and O–H groups in total. The molecule has 0 aromatic heterocycles. The van der Waals surface area contributed by atoms with Gasteiger partial charge in [-0.05, 0) is 149 Å². The highest BCUT2D eigenvalue weighted by atomic mass is 19.1. The average molecular weight is 810 g/mol. The van der Waals surface area contributed by atoms with Crippen molar-refractivity contribution in [3.8, 4) is 17.2 Å². The summed E-state index contributed by atoms with van der Waals surface area (Å²) in [6, 6.07) is 42.8. The average Bonchev–Trinajstić information content (AvgIpc) is 3.26. The third-order valence-corrected chi connectivity index (χ3v) is 9.11. The van der Waals surface area contributed by atoms with Gasteiger partial charge in [0.2, 0.25) is 0 Å². The van der Waals surface area contributed by atoms with E-state index in [2.05, 4.69) is 16.0 Å². The summed E-state index contributed by atoms with van der Waals surface area (Å²) in [6.07, 6.45) is 2.12. The van der Waals surface area contributed by atoms with Crippen molar-refractivity contribution in [2.75, 3.05) is 40.8 Å². The summed E-state index contributed by atoms with van der Waals surface area (Å²) in [5.41, 5.74) is 4.21. The van der Waals surface area contributed by atoms with Crippen LogP contribution in [-0.2, 0) is 0 Å². The Balaban J connectivity index is 0.000000196. The molecule has 0 saturated carbocycles. The number of rotatable bonds is 18. The van der Waals surface area contributed by atoms with Crippen molar-refractivity contribution in [1.82, 2.24) is 16.0 Å². The molecular weight excluding hydrogens is 755 g/mol. The molecule has 59 heavy (non-hydrogen) atoms. The number of halogens is 4. The Morgan fingerprint density at radius 3 is 0.949 bits per heavy atom. The van der Waals surface area contributed by atoms with E-state index < -0.39 is 0 Å². The maximum absolute atomic E-state index is 13.0. The Kier molecular flexibility index (Phi) is 20.0. The summed E-state index contributed by atoms with van der Waals surface area (Å²) >= 11 is 0. The van der Waals surface area contributed by atoms with Crippen molar-refractivity contribution in [3.63, 3.8) is 0 Å². The number of benzene rings is 6. The summed E-state index contributed by atoms with van der Waals surface area (Å²) in [4.78, 5) is 0. The Hall–Kier alpha value is -5.68. The van der Waals surface area contributed by atoms with Crippen LogP contribution in [0.4, 0.5) is 17.6 Å². The molecule has 0 bridgehead atoms. The van der Waals surface area contributed by atoms with Gasteiger partial charge in [0, 0.05) is 19.3 Å². The van der Waals surface area contributed by atoms with Crippen LogP contribution < -0.4 is 30.2 Å². The standard InChI is InChI=1S/C17H20FNO.C16H17F2NO.C16H18FNO/c1-13-3-9-16(10-4-13)20-17(11-12-19-2)14-5-7-15(18)8-6-14;1-19-11-10-16(12-2-4-13(17)5-3-12)20-15-8-6-14(18)7-9-15;1-18-12-11-16(13-5-3-2-4-6-13)19-15-9-7-14(17)8-10-15/h3-10,17,19H,11-12H2,1-2H3;2-9,16,19H,10-11H2,1H3;2-10,16,18H,11-12H2,1H3. The fourth-order valence-corrected chi connectivity index (χ4v) is 5.87. The second kappa shape index (κ2) is 25.6. The molecule has 3 unspecified atom stereocenters. The summed E-state index contributed by atoms with van der Waals surface area (Å²) < 4.78 is 69.6. The first-order valence-corrected chi connectivity index (χ1v) is 19.7. The first-order chi connectivity index (χ1) is 28.7. The molecule has 10 heteroatoms. The molecule has 0 saturated heterocycles. The van der Waals surface area contributed by atoms with Gasteiger partial charge in [-0.1, -0.05) is 72.3 Å². The molecule has 6 nitrogen and oxygen atoms in total. The van der Waals surface area contributed by atoms with Crippen LogP contribution in [0.3, 0.4) is 0 Å². The third-order valence-electron chi connectivity index (χ3n) is 9.11. The fourth-order valence-electron chi connectivity index (χ4n) is 5.87. The quantitative estimate of drug-likeness (QED) is 0.0752. The maximum atomic E-state index is 13.0. The van der Waals surface area contributed by atoms with Gasteiger partial charge in [0.05, 0.1) is 0 Å². The zero-order valence-corrected chi connectivity index (χ0v) is 34.1. The number of aryl methyl sites for hydroxylation is 1. The molecule has 0 radical (unpaired) electrons. The minimum atomic E-state index is -0.300. The predicted molar refractivity (Wildman–Crippen MR) is 229 cm³/mol. The molecule has 0 aliphatic rings. The molecule has 0 fully saturated rings. The molecule has 6 aromatic carbocycles. The number of ether oxygens (including phenoxy) is 3. The molecule has 0 spiro atoms. The molecule has 0 aliphatic heterocycles. The van der Waals surface area contributed by atoms with Crippen LogP contribution in [0, 0.1) is 30.2 Å². The summed E-state index contributed by atoms with van der Waals surface area (Å²) in [5.74, 6) is 1.06. The molecule has 0 aliphatic carbocycles. The van der Waals surface area contributed by atoms with E-state index in [-0.39, 0.29) is 41.6 Å². The van der Waals surface area contributed by atoms with Gasteiger partial charge < -0.3 is 30.2 Å². The maximum Gasteiger partial charge on any atom is 0.125 e. The molecule has 0 amide bonds. The molecule has 6 rings (SSSR count). The van der Waals surface area contributed by atoms with Crippen LogP contribution in [0.2, 0.25) is 0 Å². The zero-order chi connectivity index (χ0) is 42.2. The lowest BCUT2D eigenvalue weighted by molar-refractivity contribution is 0.194. The van der Waals surface area contributed by atoms with Crippen LogP contribution in [-0.4, -0.2) is 40.8 Å². The lowest BCUT2D eigenvalue weighted by atomic mass is 10.1. The van der Waals surface area contributed by atoms with Crippen molar-refractivity contribution in [2.45, 2.75) is 44.5 Å². The highest BCUT2D eigenvalue weighted by molar-refractivity contribution is 5.29. The minimum Gasteiger partial charge on any atom is -0.486 e. The van der Waals surface area contributed by atoms with Crippen LogP contribution in [0.15, 0.2) is 152 Å². The van der Waals surface area contributed by atoms with Gasteiger partial charge in [-0.25, -0.2) is 17.6 Å². The topological polar surface area (TPSA) is 63.8 Å². The van der Waals surface area contributed by atoms with E-state index in [1.54, 1.807) is 48.5 Å². The van der Waals surface area contributed by atoms with Gasteiger partial charge in [0.1, 0.15) is 58.8 Å². The molecular formula is C49H55F4N3O3. The Morgan fingerprint density at radius 1 is 0.373 bits per heavy atom. The summed E-state index contributed by atoms with van der Waals surface area (Å²) in [5, 5.41) is 9.30. The van der Waals surface area contributed by atoms with E-state index in [0.717, 1.165) is 61.3 Å². The molecule has 312 valence electrons. The lowest BCUT2D eigenvalue weighted by Crippen LogP contribution is -2.16. The van der Waals surface area contributed by atoms with Crippen LogP contribution >= 0.6 is 0 Å². The largest absolute Gasteiger partial charge is 0.486 e. The van der Waals surface area contributed by atoms with Gasteiger partial charge in [-0.3, -0.25) is 0 Å². The second-order valence-electron chi connectivity index (χ2n) is 13.7. The van der Waals surface area contributed by atoms with Gasteiger partial charge >= 0.3 is 0 Å². The van der Waals surface area contributed by atoms with Crippen molar-refractivity contribution in [2.24, 2.45) is 0 Å². The number of nitrogens with one attached hydrogen (secondary N) is 3. The van der Waals surface area contributed by atoms with E-state index in [1.807, 2.05) is 82.7 Å². The SMILES string of the molecule is CNCCC(Oc1ccc(C)cc1)c1ccc(F)cc1.CNCCC(Oc1ccc(F)cc1)c1ccc(F)cc1.CNCCC(Oc1ccc(F)cc1)c1ccccc1. The first kappa shape index (κ1) is 46.0. The summed E-state index contributed by atoms with van der Waals surface area (Å²) in [7, 11) is 5.69. The summed E-state index contributed by atoms with van der Waals surface area (Å²) in [6.45, 7) is 4.51. The Labute approximate surface area is 346 Å². The van der Waals surface area contributed by atoms with Crippen molar-refractivity contribution < 1.29 is 31.8 Å². The van der Waals surface area contributed by atoms with Crippen molar-refractivity contribution in [3.05, 3.63) is 197 Å². The highest BCUT2D eigenvalue weighted by Crippen LogP contribution is 2.27. The van der Waals surface area contributed by atoms with E-state index in [0.29, 0.717) is 11.5 Å².